The quantitative estimate of drug-likeness (QED) is 0.638. The van der Waals surface area contributed by atoms with Crippen LogP contribution in [0.5, 0.6) is 5.75 Å². The second kappa shape index (κ2) is 7.75. The van der Waals surface area contributed by atoms with E-state index in [1.165, 1.54) is 0 Å². The van der Waals surface area contributed by atoms with E-state index in [1.54, 1.807) is 18.2 Å². The van der Waals surface area contributed by atoms with Crippen molar-refractivity contribution in [2.75, 3.05) is 25.6 Å². The third-order valence-corrected chi connectivity index (χ3v) is 3.14. The molecule has 0 aromatic heterocycles. The number of ether oxygens (including phenoxy) is 3. The van der Waals surface area contributed by atoms with Gasteiger partial charge in [0, 0.05) is 18.4 Å². The number of hydrogen-bond donors (Lipinski definition) is 1. The Balaban J connectivity index is 1.60. The van der Waals surface area contributed by atoms with Crippen LogP contribution < -0.4 is 10.5 Å². The lowest BCUT2D eigenvalue weighted by Crippen LogP contribution is -2.26. The van der Waals surface area contributed by atoms with Crippen molar-refractivity contribution >= 4 is 11.7 Å². The van der Waals surface area contributed by atoms with Gasteiger partial charge in [0.25, 0.3) is 0 Å². The van der Waals surface area contributed by atoms with Crippen molar-refractivity contribution in [2.45, 2.75) is 31.8 Å². The van der Waals surface area contributed by atoms with Gasteiger partial charge < -0.3 is 19.9 Å². The molecule has 0 radical (unpaired) electrons. The van der Waals surface area contributed by atoms with E-state index >= 15 is 0 Å². The van der Waals surface area contributed by atoms with Crippen LogP contribution in [0.3, 0.4) is 0 Å². The van der Waals surface area contributed by atoms with E-state index < -0.39 is 0 Å². The van der Waals surface area contributed by atoms with Gasteiger partial charge in [-0.15, -0.1) is 0 Å². The highest BCUT2D eigenvalue weighted by Crippen LogP contribution is 2.15. The predicted octanol–water partition coefficient (Wildman–Crippen LogP) is 2.15. The second-order valence-electron chi connectivity index (χ2n) is 4.84. The van der Waals surface area contributed by atoms with E-state index in [9.17, 15) is 4.79 Å². The third kappa shape index (κ3) is 5.09. The molecule has 110 valence electrons. The van der Waals surface area contributed by atoms with Crippen LogP contribution in [-0.2, 0) is 14.3 Å². The molecule has 1 fully saturated rings. The first-order valence-corrected chi connectivity index (χ1v) is 6.99. The highest BCUT2D eigenvalue weighted by Gasteiger charge is 2.15. The number of carbonyl (C=O) groups excluding carboxylic acids is 1. The standard InChI is InChI=1S/C15H21NO4/c16-12-4-3-6-13(10-12)19-9-7-15(17)20-11-14-5-1-2-8-18-14/h3-4,6,10,14H,1-2,5,7-9,11,16H2. The molecule has 0 aliphatic carbocycles. The van der Waals surface area contributed by atoms with Crippen molar-refractivity contribution < 1.29 is 19.0 Å². The van der Waals surface area contributed by atoms with Gasteiger partial charge in [-0.25, -0.2) is 0 Å². The number of nitrogen functional groups attached to an aromatic ring is 1. The summed E-state index contributed by atoms with van der Waals surface area (Å²) in [5, 5.41) is 0. The number of nitrogens with two attached hydrogens (primary N) is 1. The molecular weight excluding hydrogens is 258 g/mol. The molecule has 1 aliphatic rings. The number of hydrogen-bond acceptors (Lipinski definition) is 5. The van der Waals surface area contributed by atoms with Gasteiger partial charge in [0.15, 0.2) is 0 Å². The number of benzene rings is 1. The molecule has 1 unspecified atom stereocenters. The van der Waals surface area contributed by atoms with E-state index in [0.29, 0.717) is 18.0 Å². The van der Waals surface area contributed by atoms with Crippen molar-refractivity contribution in [2.24, 2.45) is 0 Å². The maximum atomic E-state index is 11.6. The van der Waals surface area contributed by atoms with Crippen LogP contribution in [-0.4, -0.2) is 31.9 Å². The van der Waals surface area contributed by atoms with Gasteiger partial charge in [-0.05, 0) is 31.4 Å². The number of carbonyl (C=O) groups is 1. The number of anilines is 1. The zero-order chi connectivity index (χ0) is 14.2. The molecule has 1 saturated heterocycles. The fourth-order valence-corrected chi connectivity index (χ4v) is 2.05. The summed E-state index contributed by atoms with van der Waals surface area (Å²) in [5.41, 5.74) is 6.27. The van der Waals surface area contributed by atoms with E-state index in [4.69, 9.17) is 19.9 Å². The molecule has 0 amide bonds. The Morgan fingerprint density at radius 2 is 2.30 bits per heavy atom. The molecule has 0 saturated carbocycles. The molecule has 5 nitrogen and oxygen atoms in total. The molecule has 0 spiro atoms. The molecule has 1 atom stereocenters. The lowest BCUT2D eigenvalue weighted by molar-refractivity contribution is -0.149. The first kappa shape index (κ1) is 14.7. The molecule has 1 aromatic carbocycles. The average molecular weight is 279 g/mol. The summed E-state index contributed by atoms with van der Waals surface area (Å²) in [6, 6.07) is 7.12. The molecule has 20 heavy (non-hydrogen) atoms. The average Bonchev–Trinajstić information content (AvgIpc) is 2.46. The lowest BCUT2D eigenvalue weighted by Gasteiger charge is -2.22. The minimum absolute atomic E-state index is 0.0579. The normalized spacial score (nSPS) is 18.5. The van der Waals surface area contributed by atoms with Crippen molar-refractivity contribution in [3.63, 3.8) is 0 Å². The molecule has 1 heterocycles. The summed E-state index contributed by atoms with van der Waals surface area (Å²) in [4.78, 5) is 11.6. The summed E-state index contributed by atoms with van der Waals surface area (Å²) < 4.78 is 16.1. The van der Waals surface area contributed by atoms with Crippen molar-refractivity contribution in [3.8, 4) is 5.75 Å². The Kier molecular flexibility index (Phi) is 5.68. The van der Waals surface area contributed by atoms with Crippen molar-refractivity contribution in [1.29, 1.82) is 0 Å². The van der Waals surface area contributed by atoms with Crippen molar-refractivity contribution in [3.05, 3.63) is 24.3 Å². The van der Waals surface area contributed by atoms with Crippen LogP contribution in [0.4, 0.5) is 5.69 Å². The minimum atomic E-state index is -0.261. The number of esters is 1. The van der Waals surface area contributed by atoms with Gasteiger partial charge in [0.05, 0.1) is 19.1 Å². The Labute approximate surface area is 119 Å². The Hall–Kier alpha value is -1.75. The summed E-state index contributed by atoms with van der Waals surface area (Å²) in [6.45, 7) is 1.39. The second-order valence-corrected chi connectivity index (χ2v) is 4.84. The Morgan fingerprint density at radius 3 is 3.05 bits per heavy atom. The first-order valence-electron chi connectivity index (χ1n) is 6.99. The van der Waals surface area contributed by atoms with Gasteiger partial charge >= 0.3 is 5.97 Å². The Bertz CT molecular complexity index is 430. The van der Waals surface area contributed by atoms with E-state index in [1.807, 2.05) is 6.07 Å². The minimum Gasteiger partial charge on any atom is -0.493 e. The van der Waals surface area contributed by atoms with Gasteiger partial charge in [-0.3, -0.25) is 4.79 Å². The van der Waals surface area contributed by atoms with Crippen LogP contribution >= 0.6 is 0 Å². The van der Waals surface area contributed by atoms with Gasteiger partial charge in [0.1, 0.15) is 12.4 Å². The van der Waals surface area contributed by atoms with E-state index in [2.05, 4.69) is 0 Å². The fraction of sp³-hybridized carbons (Fsp3) is 0.533. The summed E-state index contributed by atoms with van der Waals surface area (Å²) in [7, 11) is 0. The summed E-state index contributed by atoms with van der Waals surface area (Å²) >= 11 is 0. The smallest absolute Gasteiger partial charge is 0.309 e. The zero-order valence-electron chi connectivity index (χ0n) is 11.5. The SMILES string of the molecule is Nc1cccc(OCCC(=O)OCC2CCCCO2)c1. The van der Waals surface area contributed by atoms with Gasteiger partial charge in [-0.2, -0.15) is 0 Å². The summed E-state index contributed by atoms with van der Waals surface area (Å²) in [5.74, 6) is 0.400. The molecule has 2 N–H and O–H groups in total. The molecule has 1 aromatic rings. The zero-order valence-corrected chi connectivity index (χ0v) is 11.5. The van der Waals surface area contributed by atoms with Crippen LogP contribution in [0.2, 0.25) is 0 Å². The van der Waals surface area contributed by atoms with Gasteiger partial charge in [-0.1, -0.05) is 6.07 Å². The van der Waals surface area contributed by atoms with Crippen molar-refractivity contribution in [1.82, 2.24) is 0 Å². The highest BCUT2D eigenvalue weighted by atomic mass is 16.6. The van der Waals surface area contributed by atoms with Gasteiger partial charge in [0.2, 0.25) is 0 Å². The van der Waals surface area contributed by atoms with E-state index in [0.717, 1.165) is 25.9 Å². The molecule has 5 heteroatoms. The molecular formula is C15H21NO4. The third-order valence-electron chi connectivity index (χ3n) is 3.14. The maximum Gasteiger partial charge on any atom is 0.309 e. The highest BCUT2D eigenvalue weighted by molar-refractivity contribution is 5.69. The maximum absolute atomic E-state index is 11.6. The van der Waals surface area contributed by atoms with Crippen LogP contribution in [0.25, 0.3) is 0 Å². The van der Waals surface area contributed by atoms with Crippen LogP contribution in [0, 0.1) is 0 Å². The first-order chi connectivity index (χ1) is 9.74. The summed E-state index contributed by atoms with van der Waals surface area (Å²) in [6.07, 6.45) is 3.48. The lowest BCUT2D eigenvalue weighted by atomic mass is 10.1. The number of rotatable bonds is 6. The van der Waals surface area contributed by atoms with E-state index in [-0.39, 0.29) is 25.1 Å². The predicted molar refractivity (Wildman–Crippen MR) is 75.5 cm³/mol. The topological polar surface area (TPSA) is 70.8 Å². The Morgan fingerprint density at radius 1 is 1.40 bits per heavy atom. The molecule has 2 rings (SSSR count). The van der Waals surface area contributed by atoms with Crippen LogP contribution in [0.1, 0.15) is 25.7 Å². The molecule has 1 aliphatic heterocycles. The largest absolute Gasteiger partial charge is 0.493 e. The van der Waals surface area contributed by atoms with Crippen LogP contribution in [0.15, 0.2) is 24.3 Å². The monoisotopic (exact) mass is 279 g/mol. The fourth-order valence-electron chi connectivity index (χ4n) is 2.05. The molecule has 0 bridgehead atoms.